The third kappa shape index (κ3) is 2.37. The molecule has 3 aromatic rings. The number of aromatic nitrogens is 3. The lowest BCUT2D eigenvalue weighted by Gasteiger charge is -2.06. The first-order valence-electron chi connectivity index (χ1n) is 5.97. The van der Waals surface area contributed by atoms with E-state index in [1.807, 2.05) is 0 Å². The molecule has 0 aliphatic heterocycles. The molecule has 0 spiro atoms. The largest absolute Gasteiger partial charge is 0.416 e. The van der Waals surface area contributed by atoms with E-state index in [0.717, 1.165) is 12.1 Å². The van der Waals surface area contributed by atoms with Crippen LogP contribution in [0.15, 0.2) is 42.6 Å². The number of nitrogens with zero attached hydrogens (tertiary/aromatic N) is 3. The summed E-state index contributed by atoms with van der Waals surface area (Å²) in [5, 5.41) is 4.09. The van der Waals surface area contributed by atoms with Crippen LogP contribution in [-0.2, 0) is 6.18 Å². The quantitative estimate of drug-likeness (QED) is 0.681. The molecule has 0 fully saturated rings. The Hall–Kier alpha value is -2.70. The van der Waals surface area contributed by atoms with Crippen molar-refractivity contribution in [3.63, 3.8) is 0 Å². The maximum absolute atomic E-state index is 12.7. The molecule has 1 aromatic carbocycles. The fourth-order valence-electron chi connectivity index (χ4n) is 1.98. The van der Waals surface area contributed by atoms with Crippen molar-refractivity contribution in [1.82, 2.24) is 14.6 Å². The Morgan fingerprint density at radius 1 is 1.14 bits per heavy atom. The van der Waals surface area contributed by atoms with Gasteiger partial charge in [-0.25, -0.2) is 9.50 Å². The number of rotatable bonds is 2. The number of benzene rings is 1. The monoisotopic (exact) mass is 291 g/mol. The second-order valence-electron chi connectivity index (χ2n) is 4.36. The fourth-order valence-corrected chi connectivity index (χ4v) is 1.98. The van der Waals surface area contributed by atoms with Gasteiger partial charge in [0, 0.05) is 11.8 Å². The van der Waals surface area contributed by atoms with Gasteiger partial charge >= 0.3 is 6.18 Å². The summed E-state index contributed by atoms with van der Waals surface area (Å²) < 4.78 is 39.5. The molecule has 0 aliphatic rings. The average Bonchev–Trinajstić information content (AvgIpc) is 2.90. The molecule has 3 rings (SSSR count). The molecule has 0 saturated carbocycles. The molecule has 0 unspecified atom stereocenters. The summed E-state index contributed by atoms with van der Waals surface area (Å²) in [6.07, 6.45) is -2.23. The van der Waals surface area contributed by atoms with Crippen LogP contribution in [0.1, 0.15) is 15.9 Å². The van der Waals surface area contributed by atoms with Gasteiger partial charge in [-0.15, -0.1) is 5.10 Å². The van der Waals surface area contributed by atoms with Crippen molar-refractivity contribution < 1.29 is 18.0 Å². The Labute approximate surface area is 116 Å². The van der Waals surface area contributed by atoms with E-state index in [-0.39, 0.29) is 11.4 Å². The minimum Gasteiger partial charge on any atom is -0.298 e. The summed E-state index contributed by atoms with van der Waals surface area (Å²) >= 11 is 0. The van der Waals surface area contributed by atoms with Crippen LogP contribution < -0.4 is 0 Å². The number of alkyl halides is 3. The van der Waals surface area contributed by atoms with Gasteiger partial charge in [-0.05, 0) is 24.3 Å². The summed E-state index contributed by atoms with van der Waals surface area (Å²) in [7, 11) is 0. The minimum absolute atomic E-state index is 0.135. The lowest BCUT2D eigenvalue weighted by atomic mass is 10.1. The van der Waals surface area contributed by atoms with Gasteiger partial charge in [0.2, 0.25) is 0 Å². The molecule has 21 heavy (non-hydrogen) atoms. The third-order valence-corrected chi connectivity index (χ3v) is 2.97. The Morgan fingerprint density at radius 3 is 2.67 bits per heavy atom. The number of hydrogen-bond donors (Lipinski definition) is 0. The van der Waals surface area contributed by atoms with Gasteiger partial charge in [-0.2, -0.15) is 13.2 Å². The molecule has 106 valence electrons. The van der Waals surface area contributed by atoms with Crippen molar-refractivity contribution in [3.05, 3.63) is 53.7 Å². The van der Waals surface area contributed by atoms with Crippen LogP contribution >= 0.6 is 0 Å². The highest BCUT2D eigenvalue weighted by atomic mass is 19.4. The molecular weight excluding hydrogens is 283 g/mol. The lowest BCUT2D eigenvalue weighted by Crippen LogP contribution is -2.04. The zero-order chi connectivity index (χ0) is 15.0. The van der Waals surface area contributed by atoms with Gasteiger partial charge in [0.05, 0.1) is 11.1 Å². The van der Waals surface area contributed by atoms with Gasteiger partial charge in [0.25, 0.3) is 0 Å². The molecule has 2 heterocycles. The highest BCUT2D eigenvalue weighted by molar-refractivity contribution is 5.84. The topological polar surface area (TPSA) is 47.3 Å². The van der Waals surface area contributed by atoms with E-state index in [1.165, 1.54) is 16.6 Å². The predicted molar refractivity (Wildman–Crippen MR) is 68.8 cm³/mol. The minimum atomic E-state index is -4.43. The van der Waals surface area contributed by atoms with Crippen LogP contribution in [0.25, 0.3) is 17.0 Å². The van der Waals surface area contributed by atoms with E-state index in [9.17, 15) is 18.0 Å². The Balaban J connectivity index is 2.15. The van der Waals surface area contributed by atoms with Crippen molar-refractivity contribution in [1.29, 1.82) is 0 Å². The van der Waals surface area contributed by atoms with Crippen LogP contribution in [0.5, 0.6) is 0 Å². The molecule has 7 heteroatoms. The van der Waals surface area contributed by atoms with E-state index in [1.54, 1.807) is 18.3 Å². The van der Waals surface area contributed by atoms with Gasteiger partial charge in [-0.3, -0.25) is 4.79 Å². The summed E-state index contributed by atoms with van der Waals surface area (Å²) in [6.45, 7) is 0. The SMILES string of the molecule is O=Cc1cccn2nc(-c3cccc(C(F)(F)F)c3)nc12. The van der Waals surface area contributed by atoms with E-state index >= 15 is 0 Å². The molecule has 0 aliphatic carbocycles. The van der Waals surface area contributed by atoms with Gasteiger partial charge in [-0.1, -0.05) is 12.1 Å². The second-order valence-corrected chi connectivity index (χ2v) is 4.36. The van der Waals surface area contributed by atoms with Gasteiger partial charge < -0.3 is 0 Å². The van der Waals surface area contributed by atoms with Gasteiger partial charge in [0.15, 0.2) is 17.8 Å². The molecule has 0 bridgehead atoms. The van der Waals surface area contributed by atoms with E-state index < -0.39 is 11.7 Å². The molecule has 2 aromatic heterocycles. The summed E-state index contributed by atoms with van der Waals surface area (Å²) in [6, 6.07) is 7.93. The molecule has 0 saturated heterocycles. The molecule has 0 radical (unpaired) electrons. The van der Waals surface area contributed by atoms with Crippen LogP contribution in [0, 0.1) is 0 Å². The number of hydrogen-bond acceptors (Lipinski definition) is 3. The van der Waals surface area contributed by atoms with Crippen LogP contribution in [0.2, 0.25) is 0 Å². The first kappa shape index (κ1) is 13.3. The predicted octanol–water partition coefficient (Wildman–Crippen LogP) is 3.23. The zero-order valence-electron chi connectivity index (χ0n) is 10.5. The highest BCUT2D eigenvalue weighted by Crippen LogP contribution is 2.31. The highest BCUT2D eigenvalue weighted by Gasteiger charge is 2.30. The number of aldehydes is 1. The van der Waals surface area contributed by atoms with E-state index in [4.69, 9.17) is 0 Å². The smallest absolute Gasteiger partial charge is 0.298 e. The maximum atomic E-state index is 12.7. The Kier molecular flexibility index (Phi) is 2.97. The summed E-state index contributed by atoms with van der Waals surface area (Å²) in [5.74, 6) is 0.135. The van der Waals surface area contributed by atoms with E-state index in [2.05, 4.69) is 10.1 Å². The van der Waals surface area contributed by atoms with Crippen LogP contribution in [-0.4, -0.2) is 20.9 Å². The second kappa shape index (κ2) is 4.69. The van der Waals surface area contributed by atoms with Crippen molar-refractivity contribution in [2.75, 3.05) is 0 Å². The molecule has 0 atom stereocenters. The van der Waals surface area contributed by atoms with Crippen LogP contribution in [0.4, 0.5) is 13.2 Å². The maximum Gasteiger partial charge on any atom is 0.416 e. The number of carbonyl (C=O) groups is 1. The zero-order valence-corrected chi connectivity index (χ0v) is 10.5. The normalized spacial score (nSPS) is 11.8. The standard InChI is InChI=1S/C14H8F3N3O/c15-14(16,17)11-5-1-3-9(7-11)12-18-13-10(8-21)4-2-6-20(13)19-12/h1-8H. The molecule has 0 amide bonds. The van der Waals surface area contributed by atoms with Gasteiger partial charge in [0.1, 0.15) is 0 Å². The summed E-state index contributed by atoms with van der Waals surface area (Å²) in [5.41, 5.74) is 0.1000. The summed E-state index contributed by atoms with van der Waals surface area (Å²) in [4.78, 5) is 15.1. The lowest BCUT2D eigenvalue weighted by molar-refractivity contribution is -0.137. The van der Waals surface area contributed by atoms with Crippen molar-refractivity contribution in [2.45, 2.75) is 6.18 Å². The van der Waals surface area contributed by atoms with Crippen molar-refractivity contribution >= 4 is 11.9 Å². The Morgan fingerprint density at radius 2 is 1.95 bits per heavy atom. The molecule has 0 N–H and O–H groups in total. The Bertz CT molecular complexity index is 824. The van der Waals surface area contributed by atoms with E-state index in [0.29, 0.717) is 17.5 Å². The molecule has 4 nitrogen and oxygen atoms in total. The number of pyridine rings is 1. The fraction of sp³-hybridized carbons (Fsp3) is 0.0714. The average molecular weight is 291 g/mol. The van der Waals surface area contributed by atoms with Crippen molar-refractivity contribution in [3.8, 4) is 11.4 Å². The number of carbonyl (C=O) groups excluding carboxylic acids is 1. The first-order valence-corrected chi connectivity index (χ1v) is 5.97. The number of fused-ring (bicyclic) bond motifs is 1. The van der Waals surface area contributed by atoms with Crippen molar-refractivity contribution in [2.24, 2.45) is 0 Å². The first-order chi connectivity index (χ1) is 9.99. The van der Waals surface area contributed by atoms with Crippen LogP contribution in [0.3, 0.4) is 0 Å². The molecular formula is C14H8F3N3O. The number of halogens is 3. The third-order valence-electron chi connectivity index (χ3n) is 2.97.